The summed E-state index contributed by atoms with van der Waals surface area (Å²) in [6.07, 6.45) is 0. The molecule has 0 radical (unpaired) electrons. The van der Waals surface area contributed by atoms with Gasteiger partial charge in [-0.15, -0.1) is 0 Å². The third kappa shape index (κ3) is 1.52. The van der Waals surface area contributed by atoms with E-state index in [4.69, 9.17) is 4.12 Å². The molecule has 0 N–H and O–H groups in total. The number of rotatable bonds is 0. The van der Waals surface area contributed by atoms with Crippen molar-refractivity contribution in [2.24, 2.45) is 0 Å². The Hall–Kier alpha value is 0.828. The average Bonchev–Trinajstić information content (AvgIpc) is 1.72. The predicted molar refractivity (Wildman–Crippen MR) is 40.1 cm³/mol. The molecule has 5 heteroatoms. The molecule has 36 valence electrons. The van der Waals surface area contributed by atoms with Crippen LogP contribution in [-0.4, -0.2) is 36.6 Å². The Bertz CT molecular complexity index is 23.0. The van der Waals surface area contributed by atoms with Crippen LogP contribution in [-0.2, 0) is 4.12 Å². The zero-order valence-corrected chi connectivity index (χ0v) is 9.60. The lowest BCUT2D eigenvalue weighted by Crippen LogP contribution is -2.25. The van der Waals surface area contributed by atoms with Crippen LogP contribution in [0, 0.1) is 0 Å². The van der Waals surface area contributed by atoms with Gasteiger partial charge in [0.25, 0.3) is 0 Å². The van der Waals surface area contributed by atoms with E-state index in [1.807, 2.05) is 0 Å². The molecule has 1 saturated heterocycles. The van der Waals surface area contributed by atoms with Crippen LogP contribution in [0.4, 0.5) is 0 Å². The van der Waals surface area contributed by atoms with Crippen LogP contribution >= 0.6 is 0 Å². The van der Waals surface area contributed by atoms with E-state index >= 15 is 0 Å². The van der Waals surface area contributed by atoms with Crippen LogP contribution in [0.15, 0.2) is 0 Å². The lowest BCUT2D eigenvalue weighted by atomic mass is 11.9. The second kappa shape index (κ2) is 2.91. The molecule has 0 amide bonds. The maximum atomic E-state index is 5.47. The van der Waals surface area contributed by atoms with Crippen molar-refractivity contribution >= 4 is 36.6 Å². The second-order valence-corrected chi connectivity index (χ2v) is 15.1. The molecule has 0 unspecified atom stereocenters. The fourth-order valence-electron chi connectivity index (χ4n) is 0.687. The molecule has 0 aromatic heterocycles. The highest BCUT2D eigenvalue weighted by atomic mass is 29.2. The highest BCUT2D eigenvalue weighted by Gasteiger charge is 1.98. The summed E-state index contributed by atoms with van der Waals surface area (Å²) in [6, 6.07) is 0. The normalized spacial score (nSPS) is 40.0. The first-order valence-corrected chi connectivity index (χ1v) is 13.7. The maximum absolute atomic E-state index is 5.47. The van der Waals surface area contributed by atoms with Crippen LogP contribution in [0.3, 0.4) is 0 Å². The summed E-state index contributed by atoms with van der Waals surface area (Å²) in [5, 5.41) is 0. The maximum Gasteiger partial charge on any atom is 0.126 e. The smallest absolute Gasteiger partial charge is 0.126 e. The monoisotopic (exact) mass is 150 g/mol. The summed E-state index contributed by atoms with van der Waals surface area (Å²) in [4.78, 5) is 0. The highest BCUT2D eigenvalue weighted by molar-refractivity contribution is 7.15. The Morgan fingerprint density at radius 2 is 1.83 bits per heavy atom. The first-order chi connectivity index (χ1) is 3.00. The molecule has 0 aromatic carbocycles. The molecule has 1 aliphatic heterocycles. The van der Waals surface area contributed by atoms with Crippen molar-refractivity contribution in [2.75, 3.05) is 0 Å². The Kier molecular flexibility index (Phi) is 2.42. The molecule has 1 fully saturated rings. The molecule has 1 rings (SSSR count). The van der Waals surface area contributed by atoms with Crippen LogP contribution in [0.5, 0.6) is 0 Å². The Balaban J connectivity index is 2.00. The summed E-state index contributed by atoms with van der Waals surface area (Å²) in [5.41, 5.74) is 1.78. The van der Waals surface area contributed by atoms with Crippen molar-refractivity contribution in [3.05, 3.63) is 0 Å². The van der Waals surface area contributed by atoms with Gasteiger partial charge < -0.3 is 4.12 Å². The predicted octanol–water partition coefficient (Wildman–Crippen LogP) is -3.27. The summed E-state index contributed by atoms with van der Waals surface area (Å²) < 4.78 is 5.47. The Morgan fingerprint density at radius 1 is 1.17 bits per heavy atom. The fraction of sp³-hybridized carbons (Fsp3) is 1.00. The standard InChI is InChI=1S/CH10OSi4/c1-3-5-2-6-4-1/h1,3-6H2. The molecule has 0 bridgehead atoms. The first kappa shape index (κ1) is 4.97. The van der Waals surface area contributed by atoms with Crippen LogP contribution < -0.4 is 0 Å². The molecule has 0 aliphatic carbocycles. The van der Waals surface area contributed by atoms with Gasteiger partial charge in [0, 0.05) is 18.1 Å². The van der Waals surface area contributed by atoms with E-state index in [-0.39, 0.29) is 18.6 Å². The molecule has 1 heterocycles. The lowest BCUT2D eigenvalue weighted by molar-refractivity contribution is 0.672. The van der Waals surface area contributed by atoms with E-state index in [0.717, 1.165) is 0 Å². The van der Waals surface area contributed by atoms with Gasteiger partial charge in [-0.25, -0.2) is 0 Å². The molecule has 6 heavy (non-hydrogen) atoms. The second-order valence-electron chi connectivity index (χ2n) is 1.67. The quantitative estimate of drug-likeness (QED) is 0.329. The van der Waals surface area contributed by atoms with Crippen molar-refractivity contribution in [1.82, 2.24) is 0 Å². The van der Waals surface area contributed by atoms with Gasteiger partial charge in [0.1, 0.15) is 18.6 Å². The van der Waals surface area contributed by atoms with Gasteiger partial charge in [-0.2, -0.15) is 0 Å². The van der Waals surface area contributed by atoms with Crippen LogP contribution in [0.2, 0.25) is 5.67 Å². The van der Waals surface area contributed by atoms with E-state index in [2.05, 4.69) is 0 Å². The Morgan fingerprint density at radius 3 is 2.00 bits per heavy atom. The summed E-state index contributed by atoms with van der Waals surface area (Å²) in [7, 11) is 1.53. The highest BCUT2D eigenvalue weighted by Crippen LogP contribution is 1.80. The first-order valence-electron chi connectivity index (χ1n) is 2.58. The molecule has 0 aromatic rings. The van der Waals surface area contributed by atoms with Crippen molar-refractivity contribution in [1.29, 1.82) is 0 Å². The van der Waals surface area contributed by atoms with Crippen molar-refractivity contribution in [2.45, 2.75) is 5.67 Å². The average molecular weight is 150 g/mol. The third-order valence-corrected chi connectivity index (χ3v) is 23.9. The van der Waals surface area contributed by atoms with Gasteiger partial charge >= 0.3 is 0 Å². The molecule has 1 aliphatic rings. The van der Waals surface area contributed by atoms with Gasteiger partial charge in [0.2, 0.25) is 0 Å². The van der Waals surface area contributed by atoms with E-state index in [0.29, 0.717) is 18.1 Å². The van der Waals surface area contributed by atoms with Gasteiger partial charge in [-0.3, -0.25) is 0 Å². The van der Waals surface area contributed by atoms with Crippen LogP contribution in [0.25, 0.3) is 0 Å². The van der Waals surface area contributed by atoms with Gasteiger partial charge in [-0.1, -0.05) is 5.67 Å². The minimum Gasteiger partial charge on any atom is -0.471 e. The van der Waals surface area contributed by atoms with E-state index < -0.39 is 0 Å². The van der Waals surface area contributed by atoms with Crippen molar-refractivity contribution < 1.29 is 4.12 Å². The zero-order valence-electron chi connectivity index (χ0n) is 3.94. The van der Waals surface area contributed by atoms with E-state index in [1.54, 1.807) is 5.67 Å². The molecule has 0 spiro atoms. The summed E-state index contributed by atoms with van der Waals surface area (Å²) >= 11 is 0. The molecule has 0 saturated carbocycles. The molecule has 1 nitrogen and oxygen atoms in total. The van der Waals surface area contributed by atoms with Gasteiger partial charge in [0.05, 0.1) is 0 Å². The largest absolute Gasteiger partial charge is 0.471 e. The molecular formula is CH10OSi4. The van der Waals surface area contributed by atoms with Gasteiger partial charge in [0.15, 0.2) is 0 Å². The van der Waals surface area contributed by atoms with Gasteiger partial charge in [-0.05, 0) is 0 Å². The topological polar surface area (TPSA) is 9.23 Å². The minimum atomic E-state index is 0.244. The minimum absolute atomic E-state index is 0.244. The lowest BCUT2D eigenvalue weighted by Gasteiger charge is -2.06. The van der Waals surface area contributed by atoms with E-state index in [1.165, 1.54) is 0 Å². The zero-order chi connectivity index (χ0) is 4.24. The third-order valence-electron chi connectivity index (χ3n) is 1.08. The van der Waals surface area contributed by atoms with E-state index in [9.17, 15) is 0 Å². The number of hydrogen-bond acceptors (Lipinski definition) is 1. The SMILES string of the molecule is C1[SiH2][SiH2]O[SiH2][SiH2]1. The van der Waals surface area contributed by atoms with Crippen molar-refractivity contribution in [3.8, 4) is 0 Å². The fourth-order valence-corrected chi connectivity index (χ4v) is 33.6. The summed E-state index contributed by atoms with van der Waals surface area (Å²) in [6.45, 7) is 0. The molecule has 0 atom stereocenters. The Labute approximate surface area is 47.0 Å². The van der Waals surface area contributed by atoms with Crippen LogP contribution in [0.1, 0.15) is 0 Å². The summed E-state index contributed by atoms with van der Waals surface area (Å²) in [5.74, 6) is 0. The molecular weight excluding hydrogens is 140 g/mol. The van der Waals surface area contributed by atoms with Crippen molar-refractivity contribution in [3.63, 3.8) is 0 Å². The number of hydrogen-bond donors (Lipinski definition) is 0.